The molecule has 2 aliphatic rings. The molecule has 0 aromatic carbocycles. The van der Waals surface area contributed by atoms with Gasteiger partial charge < -0.3 is 14.0 Å². The third-order valence-corrected chi connectivity index (χ3v) is 4.47. The Morgan fingerprint density at radius 3 is 3.19 bits per heavy atom. The second kappa shape index (κ2) is 4.58. The fourth-order valence-electron chi connectivity index (χ4n) is 3.41. The molecule has 0 saturated carbocycles. The van der Waals surface area contributed by atoms with E-state index >= 15 is 0 Å². The van der Waals surface area contributed by atoms with Crippen LogP contribution < -0.4 is 0 Å². The van der Waals surface area contributed by atoms with Crippen LogP contribution in [-0.2, 0) is 4.74 Å². The lowest BCUT2D eigenvalue weighted by molar-refractivity contribution is 0.144. The number of carbonyl (C=O) groups excluding carboxylic acids is 1. The molecule has 4 heterocycles. The van der Waals surface area contributed by atoms with E-state index < -0.39 is 0 Å². The number of hydrogen-bond donors (Lipinski definition) is 0. The lowest BCUT2D eigenvalue weighted by Gasteiger charge is -2.33. The molecule has 1 amide bonds. The summed E-state index contributed by atoms with van der Waals surface area (Å²) in [6, 6.07) is 0.123. The Labute approximate surface area is 122 Å². The van der Waals surface area contributed by atoms with Gasteiger partial charge in [-0.2, -0.15) is 0 Å². The molecule has 1 unspecified atom stereocenters. The van der Waals surface area contributed by atoms with Crippen molar-refractivity contribution < 1.29 is 9.53 Å². The summed E-state index contributed by atoms with van der Waals surface area (Å²) < 4.78 is 7.30. The van der Waals surface area contributed by atoms with Crippen molar-refractivity contribution in [2.45, 2.75) is 30.9 Å². The Hall–Kier alpha value is -2.37. The molecule has 0 bridgehead atoms. The SMILES string of the molecule is C=CC1OC(=O)N2C[C@H](c3ncn4ccncc34)CC[C@@H]12. The molecule has 6 heteroatoms. The molecule has 2 aliphatic heterocycles. The number of imidazole rings is 1. The first kappa shape index (κ1) is 12.4. The third-order valence-electron chi connectivity index (χ3n) is 4.47. The van der Waals surface area contributed by atoms with Crippen molar-refractivity contribution in [3.63, 3.8) is 0 Å². The summed E-state index contributed by atoms with van der Waals surface area (Å²) >= 11 is 0. The van der Waals surface area contributed by atoms with Gasteiger partial charge in [0.15, 0.2) is 0 Å². The van der Waals surface area contributed by atoms with Gasteiger partial charge in [0.2, 0.25) is 0 Å². The normalized spacial score (nSPS) is 28.5. The quantitative estimate of drug-likeness (QED) is 0.791. The number of ether oxygens (including phenoxy) is 1. The van der Waals surface area contributed by atoms with E-state index in [0.717, 1.165) is 24.1 Å². The maximum Gasteiger partial charge on any atom is 0.410 e. The maximum absolute atomic E-state index is 12.0. The van der Waals surface area contributed by atoms with E-state index in [4.69, 9.17) is 4.74 Å². The van der Waals surface area contributed by atoms with Gasteiger partial charge in [0.25, 0.3) is 0 Å². The summed E-state index contributed by atoms with van der Waals surface area (Å²) in [6.07, 6.45) is 10.4. The van der Waals surface area contributed by atoms with Crippen molar-refractivity contribution in [1.82, 2.24) is 19.3 Å². The Kier molecular flexibility index (Phi) is 2.70. The predicted octanol–water partition coefficient (Wildman–Crippen LogP) is 1.98. The first-order chi connectivity index (χ1) is 10.3. The standard InChI is InChI=1S/C15H16N4O2/c1-2-13-11-4-3-10(8-19(11)15(20)21-13)14-12-7-16-5-6-18(12)9-17-14/h2,5-7,9-11,13H,1,3-4,8H2/t10-,11+,13?/m1/s1. The largest absolute Gasteiger partial charge is 0.440 e. The van der Waals surface area contributed by atoms with Gasteiger partial charge in [0, 0.05) is 24.9 Å². The van der Waals surface area contributed by atoms with Gasteiger partial charge in [-0.25, -0.2) is 9.78 Å². The van der Waals surface area contributed by atoms with Crippen LogP contribution in [0.25, 0.3) is 5.52 Å². The highest BCUT2D eigenvalue weighted by atomic mass is 16.6. The maximum atomic E-state index is 12.0. The minimum atomic E-state index is -0.240. The van der Waals surface area contributed by atoms with E-state index in [0.29, 0.717) is 6.54 Å². The first-order valence-corrected chi connectivity index (χ1v) is 7.14. The van der Waals surface area contributed by atoms with Crippen molar-refractivity contribution in [2.75, 3.05) is 6.54 Å². The molecular formula is C15H16N4O2. The number of rotatable bonds is 2. The number of nitrogens with zero attached hydrogens (tertiary/aromatic N) is 4. The molecule has 108 valence electrons. The molecule has 2 saturated heterocycles. The monoisotopic (exact) mass is 284 g/mol. The average Bonchev–Trinajstić information content (AvgIpc) is 3.08. The molecular weight excluding hydrogens is 268 g/mol. The van der Waals surface area contributed by atoms with Crippen LogP contribution in [0.2, 0.25) is 0 Å². The number of carbonyl (C=O) groups is 1. The molecule has 2 fully saturated rings. The minimum absolute atomic E-state index is 0.123. The Morgan fingerprint density at radius 2 is 2.33 bits per heavy atom. The lowest BCUT2D eigenvalue weighted by atomic mass is 9.88. The number of fused-ring (bicyclic) bond motifs is 2. The fraction of sp³-hybridized carbons (Fsp3) is 0.400. The molecule has 2 aromatic rings. The zero-order chi connectivity index (χ0) is 14.4. The van der Waals surface area contributed by atoms with Gasteiger partial charge in [0.1, 0.15) is 6.10 Å². The molecule has 0 spiro atoms. The summed E-state index contributed by atoms with van der Waals surface area (Å²) in [5, 5.41) is 0. The van der Waals surface area contributed by atoms with E-state index in [1.807, 2.05) is 21.7 Å². The Balaban J connectivity index is 1.64. The van der Waals surface area contributed by atoms with Crippen LogP contribution in [0.15, 0.2) is 37.6 Å². The van der Waals surface area contributed by atoms with E-state index in [1.165, 1.54) is 0 Å². The third kappa shape index (κ3) is 1.82. The second-order valence-electron chi connectivity index (χ2n) is 5.58. The summed E-state index contributed by atoms with van der Waals surface area (Å²) in [6.45, 7) is 4.40. The van der Waals surface area contributed by atoms with Crippen molar-refractivity contribution in [3.8, 4) is 0 Å². The summed E-state index contributed by atoms with van der Waals surface area (Å²) in [4.78, 5) is 22.5. The van der Waals surface area contributed by atoms with Crippen LogP contribution in [0.1, 0.15) is 24.5 Å². The molecule has 21 heavy (non-hydrogen) atoms. The fourth-order valence-corrected chi connectivity index (χ4v) is 3.41. The van der Waals surface area contributed by atoms with Crippen LogP contribution in [-0.4, -0.2) is 44.1 Å². The van der Waals surface area contributed by atoms with Gasteiger partial charge >= 0.3 is 6.09 Å². The number of cyclic esters (lactones) is 1. The Bertz CT molecular complexity index is 711. The zero-order valence-electron chi connectivity index (χ0n) is 11.6. The predicted molar refractivity (Wildman–Crippen MR) is 75.9 cm³/mol. The van der Waals surface area contributed by atoms with Crippen molar-refractivity contribution >= 4 is 11.6 Å². The van der Waals surface area contributed by atoms with Crippen LogP contribution >= 0.6 is 0 Å². The van der Waals surface area contributed by atoms with Crippen LogP contribution in [0.4, 0.5) is 4.79 Å². The average molecular weight is 284 g/mol. The zero-order valence-corrected chi connectivity index (χ0v) is 11.6. The van der Waals surface area contributed by atoms with Gasteiger partial charge in [0.05, 0.1) is 29.8 Å². The smallest absolute Gasteiger partial charge is 0.410 e. The van der Waals surface area contributed by atoms with E-state index in [1.54, 1.807) is 18.6 Å². The van der Waals surface area contributed by atoms with Gasteiger partial charge in [-0.1, -0.05) is 6.58 Å². The van der Waals surface area contributed by atoms with E-state index in [2.05, 4.69) is 16.5 Å². The van der Waals surface area contributed by atoms with Crippen LogP contribution in [0, 0.1) is 0 Å². The number of hydrogen-bond acceptors (Lipinski definition) is 4. The number of aromatic nitrogens is 3. The highest BCUT2D eigenvalue weighted by Gasteiger charge is 2.44. The molecule has 0 N–H and O–H groups in total. The van der Waals surface area contributed by atoms with Gasteiger partial charge in [-0.15, -0.1) is 0 Å². The van der Waals surface area contributed by atoms with Crippen LogP contribution in [0.3, 0.4) is 0 Å². The molecule has 6 nitrogen and oxygen atoms in total. The van der Waals surface area contributed by atoms with Crippen LogP contribution in [0.5, 0.6) is 0 Å². The summed E-state index contributed by atoms with van der Waals surface area (Å²) in [7, 11) is 0. The topological polar surface area (TPSA) is 59.7 Å². The van der Waals surface area contributed by atoms with Gasteiger partial charge in [-0.05, 0) is 18.9 Å². The summed E-state index contributed by atoms with van der Waals surface area (Å²) in [5.74, 6) is 0.228. The van der Waals surface area contributed by atoms with Crippen molar-refractivity contribution in [1.29, 1.82) is 0 Å². The molecule has 3 atom stereocenters. The number of amides is 1. The number of piperidine rings is 1. The summed E-state index contributed by atoms with van der Waals surface area (Å²) in [5.41, 5.74) is 2.02. The van der Waals surface area contributed by atoms with E-state index in [9.17, 15) is 4.79 Å². The minimum Gasteiger partial charge on any atom is -0.440 e. The molecule has 2 aromatic heterocycles. The van der Waals surface area contributed by atoms with Crippen molar-refractivity contribution in [3.05, 3.63) is 43.3 Å². The van der Waals surface area contributed by atoms with E-state index in [-0.39, 0.29) is 24.2 Å². The second-order valence-corrected chi connectivity index (χ2v) is 5.58. The van der Waals surface area contributed by atoms with Gasteiger partial charge in [-0.3, -0.25) is 4.98 Å². The highest BCUT2D eigenvalue weighted by molar-refractivity contribution is 5.71. The molecule has 0 aliphatic carbocycles. The molecule has 0 radical (unpaired) electrons. The van der Waals surface area contributed by atoms with Crippen molar-refractivity contribution in [2.24, 2.45) is 0 Å². The highest BCUT2D eigenvalue weighted by Crippen LogP contribution is 2.36. The molecule has 4 rings (SSSR count). The Morgan fingerprint density at radius 1 is 1.43 bits per heavy atom. The first-order valence-electron chi connectivity index (χ1n) is 7.14. The lowest BCUT2D eigenvalue weighted by Crippen LogP contribution is -2.43.